The molecule has 0 heterocycles. The monoisotopic (exact) mass is 237 g/mol. The molecule has 0 unspecified atom stereocenters. The first-order valence-corrected chi connectivity index (χ1v) is 6.69. The van der Waals surface area contributed by atoms with Crippen molar-refractivity contribution in [2.24, 2.45) is 5.73 Å². The number of hydrogen-bond donors (Lipinski definition) is 1. The number of nitrogens with two attached hydrogens (primary N) is 1. The molecule has 0 spiro atoms. The fourth-order valence-electron chi connectivity index (χ4n) is 2.85. The van der Waals surface area contributed by atoms with E-state index >= 15 is 0 Å². The van der Waals surface area contributed by atoms with Crippen LogP contribution in [0.5, 0.6) is 0 Å². The third-order valence-corrected chi connectivity index (χ3v) is 3.95. The van der Waals surface area contributed by atoms with Crippen LogP contribution < -0.4 is 5.73 Å². The van der Waals surface area contributed by atoms with Crippen LogP contribution in [0, 0.1) is 6.92 Å². The van der Waals surface area contributed by atoms with E-state index in [2.05, 4.69) is 43.3 Å². The molecule has 0 amide bonds. The van der Waals surface area contributed by atoms with E-state index < -0.39 is 0 Å². The molecule has 2 aromatic carbocycles. The molecule has 1 nitrogen and oxygen atoms in total. The van der Waals surface area contributed by atoms with Crippen LogP contribution in [0.3, 0.4) is 0 Å². The second-order valence-electron chi connectivity index (χ2n) is 5.19. The zero-order valence-electron chi connectivity index (χ0n) is 10.9. The van der Waals surface area contributed by atoms with Gasteiger partial charge in [0.2, 0.25) is 0 Å². The van der Waals surface area contributed by atoms with Crippen LogP contribution in [0.1, 0.15) is 28.7 Å². The summed E-state index contributed by atoms with van der Waals surface area (Å²) in [6.45, 7) is 2.78. The second-order valence-corrected chi connectivity index (χ2v) is 5.19. The SMILES string of the molecule is Cc1ccc(CN)cc1-c1ccc2c(c1)CCC2. The van der Waals surface area contributed by atoms with Crippen LogP contribution in [-0.4, -0.2) is 0 Å². The van der Waals surface area contributed by atoms with Crippen LogP contribution in [0.4, 0.5) is 0 Å². The number of hydrogen-bond acceptors (Lipinski definition) is 1. The fourth-order valence-corrected chi connectivity index (χ4v) is 2.85. The summed E-state index contributed by atoms with van der Waals surface area (Å²) in [6, 6.07) is 13.4. The Morgan fingerprint density at radius 3 is 2.67 bits per heavy atom. The summed E-state index contributed by atoms with van der Waals surface area (Å²) >= 11 is 0. The predicted octanol–water partition coefficient (Wildman–Crippen LogP) is 3.61. The molecule has 1 heteroatoms. The van der Waals surface area contributed by atoms with Gasteiger partial charge in [-0.25, -0.2) is 0 Å². The number of benzene rings is 2. The maximum atomic E-state index is 5.74. The first-order valence-electron chi connectivity index (χ1n) is 6.69. The van der Waals surface area contributed by atoms with Crippen molar-refractivity contribution in [3.05, 3.63) is 58.7 Å². The zero-order valence-corrected chi connectivity index (χ0v) is 10.9. The molecule has 0 bridgehead atoms. The topological polar surface area (TPSA) is 26.0 Å². The summed E-state index contributed by atoms with van der Waals surface area (Å²) in [6.07, 6.45) is 3.79. The minimum atomic E-state index is 0.609. The van der Waals surface area contributed by atoms with Gasteiger partial charge in [0.05, 0.1) is 0 Å². The van der Waals surface area contributed by atoms with Gasteiger partial charge in [-0.1, -0.05) is 30.3 Å². The highest BCUT2D eigenvalue weighted by atomic mass is 14.5. The Morgan fingerprint density at radius 2 is 1.83 bits per heavy atom. The number of fused-ring (bicyclic) bond motifs is 1. The third-order valence-electron chi connectivity index (χ3n) is 3.95. The van der Waals surface area contributed by atoms with Gasteiger partial charge in [0.25, 0.3) is 0 Å². The molecule has 0 aromatic heterocycles. The van der Waals surface area contributed by atoms with Crippen LogP contribution in [0.2, 0.25) is 0 Å². The smallest absolute Gasteiger partial charge is 0.0178 e. The minimum absolute atomic E-state index is 0.609. The summed E-state index contributed by atoms with van der Waals surface area (Å²) in [5.41, 5.74) is 14.0. The molecule has 0 aliphatic heterocycles. The zero-order chi connectivity index (χ0) is 12.5. The Kier molecular flexibility index (Phi) is 2.92. The van der Waals surface area contributed by atoms with Gasteiger partial charge in [-0.2, -0.15) is 0 Å². The van der Waals surface area contributed by atoms with Gasteiger partial charge in [-0.05, 0) is 65.6 Å². The predicted molar refractivity (Wildman–Crippen MR) is 76.5 cm³/mol. The van der Waals surface area contributed by atoms with Crippen molar-refractivity contribution in [3.63, 3.8) is 0 Å². The van der Waals surface area contributed by atoms with Gasteiger partial charge in [0.1, 0.15) is 0 Å². The first-order chi connectivity index (χ1) is 8.78. The molecular weight excluding hydrogens is 218 g/mol. The van der Waals surface area contributed by atoms with Gasteiger partial charge in [-0.3, -0.25) is 0 Å². The third kappa shape index (κ3) is 1.95. The van der Waals surface area contributed by atoms with Gasteiger partial charge in [-0.15, -0.1) is 0 Å². The number of rotatable bonds is 2. The highest BCUT2D eigenvalue weighted by Crippen LogP contribution is 2.30. The maximum Gasteiger partial charge on any atom is 0.0178 e. The molecule has 0 saturated carbocycles. The Hall–Kier alpha value is -1.60. The van der Waals surface area contributed by atoms with Crippen molar-refractivity contribution < 1.29 is 0 Å². The molecule has 0 fully saturated rings. The maximum absolute atomic E-state index is 5.74. The van der Waals surface area contributed by atoms with E-state index in [0.29, 0.717) is 6.54 Å². The average molecular weight is 237 g/mol. The molecule has 2 aromatic rings. The highest BCUT2D eigenvalue weighted by molar-refractivity contribution is 5.69. The van der Waals surface area contributed by atoms with E-state index in [1.54, 1.807) is 0 Å². The summed E-state index contributed by atoms with van der Waals surface area (Å²) in [4.78, 5) is 0. The van der Waals surface area contributed by atoms with Gasteiger partial charge in [0.15, 0.2) is 0 Å². The Labute approximate surface area is 109 Å². The Balaban J connectivity index is 2.09. The lowest BCUT2D eigenvalue weighted by Gasteiger charge is -2.10. The standard InChI is InChI=1S/C17H19N/c1-12-5-6-13(11-18)9-17(12)16-8-7-14-3-2-4-15(14)10-16/h5-10H,2-4,11,18H2,1H3. The van der Waals surface area contributed by atoms with E-state index in [-0.39, 0.29) is 0 Å². The summed E-state index contributed by atoms with van der Waals surface area (Å²) in [5.74, 6) is 0. The van der Waals surface area contributed by atoms with Crippen molar-refractivity contribution >= 4 is 0 Å². The molecular formula is C17H19N. The van der Waals surface area contributed by atoms with Crippen LogP contribution >= 0.6 is 0 Å². The van der Waals surface area contributed by atoms with E-state index in [0.717, 1.165) is 0 Å². The molecule has 0 saturated heterocycles. The van der Waals surface area contributed by atoms with E-state index in [1.165, 1.54) is 52.6 Å². The Morgan fingerprint density at radius 1 is 1.00 bits per heavy atom. The molecule has 1 aliphatic rings. The molecule has 3 rings (SSSR count). The summed E-state index contributed by atoms with van der Waals surface area (Å²) in [7, 11) is 0. The minimum Gasteiger partial charge on any atom is -0.326 e. The molecule has 92 valence electrons. The van der Waals surface area contributed by atoms with Crippen molar-refractivity contribution in [1.29, 1.82) is 0 Å². The molecule has 0 atom stereocenters. The fraction of sp³-hybridized carbons (Fsp3) is 0.294. The lowest BCUT2D eigenvalue weighted by atomic mass is 9.95. The quantitative estimate of drug-likeness (QED) is 0.848. The summed E-state index contributed by atoms with van der Waals surface area (Å²) in [5, 5.41) is 0. The molecule has 2 N–H and O–H groups in total. The lowest BCUT2D eigenvalue weighted by Crippen LogP contribution is -1.97. The largest absolute Gasteiger partial charge is 0.326 e. The average Bonchev–Trinajstić information content (AvgIpc) is 2.86. The van der Waals surface area contributed by atoms with Gasteiger partial charge in [0, 0.05) is 6.54 Å². The van der Waals surface area contributed by atoms with E-state index in [1.807, 2.05) is 0 Å². The first kappa shape index (κ1) is 11.5. The van der Waals surface area contributed by atoms with E-state index in [4.69, 9.17) is 5.73 Å². The normalized spacial score (nSPS) is 13.7. The van der Waals surface area contributed by atoms with Crippen LogP contribution in [0.25, 0.3) is 11.1 Å². The number of aryl methyl sites for hydroxylation is 3. The van der Waals surface area contributed by atoms with Crippen molar-refractivity contribution in [2.45, 2.75) is 32.7 Å². The lowest BCUT2D eigenvalue weighted by molar-refractivity contribution is 0.912. The van der Waals surface area contributed by atoms with Crippen molar-refractivity contribution in [1.82, 2.24) is 0 Å². The van der Waals surface area contributed by atoms with E-state index in [9.17, 15) is 0 Å². The Bertz CT molecular complexity index is 584. The second kappa shape index (κ2) is 4.58. The van der Waals surface area contributed by atoms with Gasteiger partial charge >= 0.3 is 0 Å². The highest BCUT2D eigenvalue weighted by Gasteiger charge is 2.12. The molecule has 1 aliphatic carbocycles. The molecule has 18 heavy (non-hydrogen) atoms. The van der Waals surface area contributed by atoms with Gasteiger partial charge < -0.3 is 5.73 Å². The molecule has 0 radical (unpaired) electrons. The van der Waals surface area contributed by atoms with Crippen LogP contribution in [-0.2, 0) is 19.4 Å². The van der Waals surface area contributed by atoms with Crippen LogP contribution in [0.15, 0.2) is 36.4 Å². The van der Waals surface area contributed by atoms with Crippen molar-refractivity contribution in [2.75, 3.05) is 0 Å². The summed E-state index contributed by atoms with van der Waals surface area (Å²) < 4.78 is 0. The van der Waals surface area contributed by atoms with Crippen molar-refractivity contribution in [3.8, 4) is 11.1 Å².